The van der Waals surface area contributed by atoms with Crippen molar-refractivity contribution in [2.24, 2.45) is 0 Å². The normalized spacial score (nSPS) is 16.4. The highest BCUT2D eigenvalue weighted by Crippen LogP contribution is 2.42. The smallest absolute Gasteiger partial charge is 0.269 e. The molecule has 0 bridgehead atoms. The molecule has 0 N–H and O–H groups in total. The molecule has 0 saturated carbocycles. The average Bonchev–Trinajstić information content (AvgIpc) is 3.16. The van der Waals surface area contributed by atoms with Gasteiger partial charge < -0.3 is 14.0 Å². The number of para-hydroxylation sites is 1. The van der Waals surface area contributed by atoms with Crippen LogP contribution in [0.2, 0.25) is 5.02 Å². The van der Waals surface area contributed by atoms with Gasteiger partial charge >= 0.3 is 0 Å². The van der Waals surface area contributed by atoms with Crippen LogP contribution in [-0.4, -0.2) is 35.2 Å². The van der Waals surface area contributed by atoms with Crippen molar-refractivity contribution in [3.63, 3.8) is 0 Å². The van der Waals surface area contributed by atoms with Gasteiger partial charge in [-0.25, -0.2) is 0 Å². The van der Waals surface area contributed by atoms with Gasteiger partial charge in [0.15, 0.2) is 11.5 Å². The van der Waals surface area contributed by atoms with E-state index in [4.69, 9.17) is 21.1 Å². The summed E-state index contributed by atoms with van der Waals surface area (Å²) < 4.78 is 13.5. The predicted molar refractivity (Wildman–Crippen MR) is 119 cm³/mol. The fourth-order valence-electron chi connectivity index (χ4n) is 4.31. The van der Waals surface area contributed by atoms with Crippen LogP contribution in [0.1, 0.15) is 29.3 Å². The molecule has 0 unspecified atom stereocenters. The number of benzene rings is 2. The minimum atomic E-state index is -0.393. The fraction of sp³-hybridized carbons (Fsp3) is 0.304. The first kappa shape index (κ1) is 21.2. The second-order valence-corrected chi connectivity index (χ2v) is 7.88. The minimum absolute atomic E-state index is 0.0353. The van der Waals surface area contributed by atoms with Crippen LogP contribution in [0.25, 0.3) is 0 Å². The van der Waals surface area contributed by atoms with E-state index in [0.29, 0.717) is 23.1 Å². The molecule has 1 atom stereocenters. The number of nitrogens with zero attached hydrogens (tertiary/aromatic N) is 3. The SMILES string of the molecule is COc1cccc([C@H]2c3cccn3CCCN2Cc2cc([N+](=O)[O-])ccc2Cl)c1OC. The van der Waals surface area contributed by atoms with E-state index in [1.54, 1.807) is 26.4 Å². The first-order chi connectivity index (χ1) is 15.0. The molecule has 162 valence electrons. The quantitative estimate of drug-likeness (QED) is 0.395. The van der Waals surface area contributed by atoms with Crippen molar-refractivity contribution < 1.29 is 14.4 Å². The van der Waals surface area contributed by atoms with Gasteiger partial charge in [0.25, 0.3) is 5.69 Å². The summed E-state index contributed by atoms with van der Waals surface area (Å²) in [5.74, 6) is 1.34. The molecule has 0 radical (unpaired) electrons. The molecule has 0 saturated heterocycles. The van der Waals surface area contributed by atoms with E-state index in [9.17, 15) is 10.1 Å². The lowest BCUT2D eigenvalue weighted by Crippen LogP contribution is -2.30. The van der Waals surface area contributed by atoms with Gasteiger partial charge in [-0.15, -0.1) is 0 Å². The topological polar surface area (TPSA) is 69.8 Å². The summed E-state index contributed by atoms with van der Waals surface area (Å²) in [5, 5.41) is 11.8. The van der Waals surface area contributed by atoms with Gasteiger partial charge in [-0.3, -0.25) is 15.0 Å². The largest absolute Gasteiger partial charge is 0.493 e. The monoisotopic (exact) mass is 441 g/mol. The molecule has 4 rings (SSSR count). The third kappa shape index (κ3) is 4.11. The molecule has 0 spiro atoms. The maximum atomic E-state index is 11.3. The molecular weight excluding hydrogens is 418 g/mol. The molecule has 31 heavy (non-hydrogen) atoms. The van der Waals surface area contributed by atoms with E-state index in [2.05, 4.69) is 21.7 Å². The van der Waals surface area contributed by atoms with Gasteiger partial charge in [-0.2, -0.15) is 0 Å². The van der Waals surface area contributed by atoms with Crippen LogP contribution in [0.15, 0.2) is 54.7 Å². The molecule has 0 amide bonds. The van der Waals surface area contributed by atoms with Gasteiger partial charge in [0.1, 0.15) is 0 Å². The van der Waals surface area contributed by atoms with Crippen LogP contribution in [0, 0.1) is 10.1 Å². The summed E-state index contributed by atoms with van der Waals surface area (Å²) >= 11 is 6.44. The van der Waals surface area contributed by atoms with Crippen LogP contribution < -0.4 is 9.47 Å². The average molecular weight is 442 g/mol. The summed E-state index contributed by atoms with van der Waals surface area (Å²) in [6, 6.07) is 14.5. The number of hydrogen-bond acceptors (Lipinski definition) is 5. The lowest BCUT2D eigenvalue weighted by atomic mass is 9.99. The highest BCUT2D eigenvalue weighted by molar-refractivity contribution is 6.31. The zero-order valence-corrected chi connectivity index (χ0v) is 18.2. The van der Waals surface area contributed by atoms with Crippen LogP contribution in [0.3, 0.4) is 0 Å². The van der Waals surface area contributed by atoms with Gasteiger partial charge in [-0.05, 0) is 36.2 Å². The van der Waals surface area contributed by atoms with E-state index < -0.39 is 4.92 Å². The van der Waals surface area contributed by atoms with Gasteiger partial charge in [0.2, 0.25) is 0 Å². The van der Waals surface area contributed by atoms with Crippen molar-refractivity contribution in [3.8, 4) is 11.5 Å². The Balaban J connectivity index is 1.82. The van der Waals surface area contributed by atoms with Gasteiger partial charge in [0.05, 0.1) is 25.2 Å². The number of ether oxygens (including phenoxy) is 2. The summed E-state index contributed by atoms with van der Waals surface area (Å²) in [5.41, 5.74) is 2.87. The number of fused-ring (bicyclic) bond motifs is 1. The summed E-state index contributed by atoms with van der Waals surface area (Å²) in [6.45, 7) is 2.16. The third-order valence-corrected chi connectivity index (χ3v) is 6.06. The Morgan fingerprint density at radius 2 is 1.97 bits per heavy atom. The zero-order chi connectivity index (χ0) is 22.0. The van der Waals surface area contributed by atoms with E-state index in [0.717, 1.165) is 36.3 Å². The van der Waals surface area contributed by atoms with Crippen LogP contribution in [0.4, 0.5) is 5.69 Å². The molecule has 2 heterocycles. The van der Waals surface area contributed by atoms with E-state index in [-0.39, 0.29) is 11.7 Å². The van der Waals surface area contributed by atoms with Crippen LogP contribution >= 0.6 is 11.6 Å². The molecule has 8 heteroatoms. The lowest BCUT2D eigenvalue weighted by molar-refractivity contribution is -0.384. The standard InChI is InChI=1S/C23H24ClN3O4/c1-30-21-8-3-6-18(23(21)31-2)22-20-7-4-11-25(20)12-5-13-26(22)15-16-14-17(27(28)29)9-10-19(16)24/h3-4,6-11,14,22H,5,12-13,15H2,1-2H3/t22-/m0/s1. The van der Waals surface area contributed by atoms with Crippen LogP contribution in [0.5, 0.6) is 11.5 Å². The molecule has 0 aliphatic carbocycles. The molecular formula is C23H24ClN3O4. The maximum absolute atomic E-state index is 11.3. The number of aryl methyl sites for hydroxylation is 1. The van der Waals surface area contributed by atoms with Crippen molar-refractivity contribution in [2.75, 3.05) is 20.8 Å². The van der Waals surface area contributed by atoms with Gasteiger partial charge in [0, 0.05) is 54.2 Å². The number of non-ortho nitro benzene ring substituents is 1. The summed E-state index contributed by atoms with van der Waals surface area (Å²) in [4.78, 5) is 13.2. The second kappa shape index (κ2) is 8.99. The van der Waals surface area contributed by atoms with E-state index >= 15 is 0 Å². The molecule has 0 fully saturated rings. The van der Waals surface area contributed by atoms with Gasteiger partial charge in [-0.1, -0.05) is 23.7 Å². The number of rotatable bonds is 6. The molecule has 7 nitrogen and oxygen atoms in total. The van der Waals surface area contributed by atoms with Crippen LogP contribution in [-0.2, 0) is 13.1 Å². The number of aromatic nitrogens is 1. The molecule has 2 aromatic carbocycles. The van der Waals surface area contributed by atoms with Crippen molar-refractivity contribution in [1.82, 2.24) is 9.47 Å². The van der Waals surface area contributed by atoms with E-state index in [1.807, 2.05) is 24.3 Å². The predicted octanol–water partition coefficient (Wildman–Crippen LogP) is 5.06. The Labute approximate surface area is 185 Å². The zero-order valence-electron chi connectivity index (χ0n) is 17.5. The molecule has 1 aliphatic heterocycles. The molecule has 1 aromatic heterocycles. The number of halogens is 1. The third-order valence-electron chi connectivity index (χ3n) is 5.70. The lowest BCUT2D eigenvalue weighted by Gasteiger charge is -2.32. The van der Waals surface area contributed by atoms with Crippen molar-refractivity contribution in [2.45, 2.75) is 25.6 Å². The highest BCUT2D eigenvalue weighted by atomic mass is 35.5. The number of nitro groups is 1. The van der Waals surface area contributed by atoms with Crippen molar-refractivity contribution in [3.05, 3.63) is 86.7 Å². The van der Waals surface area contributed by atoms with Crippen molar-refractivity contribution >= 4 is 17.3 Å². The number of nitro benzene ring substituents is 1. The maximum Gasteiger partial charge on any atom is 0.269 e. The molecule has 1 aliphatic rings. The van der Waals surface area contributed by atoms with Crippen molar-refractivity contribution in [1.29, 1.82) is 0 Å². The number of hydrogen-bond donors (Lipinski definition) is 0. The first-order valence-corrected chi connectivity index (χ1v) is 10.4. The number of methoxy groups -OCH3 is 2. The Bertz CT molecular complexity index is 1100. The highest BCUT2D eigenvalue weighted by Gasteiger charge is 2.31. The minimum Gasteiger partial charge on any atom is -0.493 e. The Morgan fingerprint density at radius 1 is 1.13 bits per heavy atom. The first-order valence-electron chi connectivity index (χ1n) is 10.1. The van der Waals surface area contributed by atoms with E-state index in [1.165, 1.54) is 6.07 Å². The summed E-state index contributed by atoms with van der Waals surface area (Å²) in [6.07, 6.45) is 3.02. The Morgan fingerprint density at radius 3 is 2.71 bits per heavy atom. The fourth-order valence-corrected chi connectivity index (χ4v) is 4.49. The molecule has 3 aromatic rings. The summed E-state index contributed by atoms with van der Waals surface area (Å²) in [7, 11) is 3.26. The Kier molecular flexibility index (Phi) is 6.15. The second-order valence-electron chi connectivity index (χ2n) is 7.47. The Hall–Kier alpha value is -3.03.